The zero-order valence-electron chi connectivity index (χ0n) is 39.4. The van der Waals surface area contributed by atoms with Crippen LogP contribution in [0.15, 0.2) is 195 Å². The quantitative estimate of drug-likeness (QED) is 0.145. The monoisotopic (exact) mass is 862 g/mol. The summed E-state index contributed by atoms with van der Waals surface area (Å²) in [5.74, 6) is 2.41. The summed E-state index contributed by atoms with van der Waals surface area (Å²) in [7, 11) is 0. The Kier molecular flexibility index (Phi) is 10.7. The van der Waals surface area contributed by atoms with Crippen LogP contribution in [0.25, 0.3) is 49.9 Å². The average molecular weight is 863 g/mol. The zero-order chi connectivity index (χ0) is 45.8. The van der Waals surface area contributed by atoms with Crippen LogP contribution in [0.4, 0.5) is 11.4 Å². The lowest BCUT2D eigenvalue weighted by Gasteiger charge is -2.28. The van der Waals surface area contributed by atoms with E-state index in [9.17, 15) is 0 Å². The van der Waals surface area contributed by atoms with Crippen molar-refractivity contribution in [3.05, 3.63) is 217 Å². The van der Waals surface area contributed by atoms with Crippen molar-refractivity contribution in [2.45, 2.75) is 71.6 Å². The van der Waals surface area contributed by atoms with Crippen LogP contribution in [0, 0.1) is 0 Å². The van der Waals surface area contributed by atoms with Gasteiger partial charge in [-0.25, -0.2) is 4.98 Å². The largest absolute Gasteiger partial charge is 0.457 e. The van der Waals surface area contributed by atoms with Crippen molar-refractivity contribution >= 4 is 33.2 Å². The van der Waals surface area contributed by atoms with Gasteiger partial charge in [-0.05, 0) is 104 Å². The predicted octanol–water partition coefficient (Wildman–Crippen LogP) is 16.0. The van der Waals surface area contributed by atoms with E-state index in [1.54, 1.807) is 0 Å². The van der Waals surface area contributed by atoms with E-state index in [4.69, 9.17) is 9.72 Å². The summed E-state index contributed by atoms with van der Waals surface area (Å²) in [5.41, 5.74) is 13.5. The molecule has 0 saturated heterocycles. The summed E-state index contributed by atoms with van der Waals surface area (Å²) in [5, 5.41) is 2.38. The van der Waals surface area contributed by atoms with Crippen molar-refractivity contribution in [2.75, 3.05) is 16.5 Å². The maximum atomic E-state index is 7.22. The molecule has 0 atom stereocenters. The van der Waals surface area contributed by atoms with E-state index in [0.717, 1.165) is 50.9 Å². The van der Waals surface area contributed by atoms with Crippen LogP contribution >= 0.6 is 0 Å². The third-order valence-electron chi connectivity index (χ3n) is 13.3. The Labute approximate surface area is 390 Å². The molecule has 0 unspecified atom stereocenters. The molecule has 10 rings (SSSR count). The van der Waals surface area contributed by atoms with Crippen molar-refractivity contribution in [1.82, 2.24) is 9.55 Å². The van der Waals surface area contributed by atoms with E-state index in [0.29, 0.717) is 6.67 Å². The van der Waals surface area contributed by atoms with Crippen molar-refractivity contribution in [2.24, 2.45) is 0 Å². The Bertz CT molecular complexity index is 3240. The minimum atomic E-state index is -0.375. The summed E-state index contributed by atoms with van der Waals surface area (Å²) in [4.78, 5) is 9.68. The van der Waals surface area contributed by atoms with Crippen LogP contribution in [0.5, 0.6) is 11.5 Å². The molecule has 66 heavy (non-hydrogen) atoms. The molecule has 0 spiro atoms. The molecule has 0 amide bonds. The molecular formula is C61H58N4O. The first-order valence-corrected chi connectivity index (χ1v) is 23.1. The second-order valence-electron chi connectivity index (χ2n) is 20.3. The highest BCUT2D eigenvalue weighted by Gasteiger charge is 2.30. The molecule has 0 aliphatic carbocycles. The van der Waals surface area contributed by atoms with Gasteiger partial charge in [0.1, 0.15) is 17.3 Å². The first-order chi connectivity index (χ1) is 31.7. The van der Waals surface area contributed by atoms with Crippen LogP contribution in [0.1, 0.15) is 77.6 Å². The molecule has 328 valence electrons. The number of fused-ring (bicyclic) bond motifs is 3. The molecule has 3 heterocycles. The number of ether oxygens (including phenoxy) is 1. The van der Waals surface area contributed by atoms with E-state index in [-0.39, 0.29) is 16.2 Å². The van der Waals surface area contributed by atoms with Gasteiger partial charge in [-0.15, -0.1) is 0 Å². The van der Waals surface area contributed by atoms with Gasteiger partial charge in [0.25, 0.3) is 0 Å². The number of nitrogens with zero attached hydrogens (tertiary/aromatic N) is 4. The third-order valence-corrected chi connectivity index (χ3v) is 13.3. The molecule has 0 N–H and O–H groups in total. The lowest BCUT2D eigenvalue weighted by molar-refractivity contribution is 0.481. The van der Waals surface area contributed by atoms with Crippen molar-refractivity contribution in [3.63, 3.8) is 0 Å². The molecule has 2 aromatic heterocycles. The molecular weight excluding hydrogens is 805 g/mol. The first kappa shape index (κ1) is 42.6. The predicted molar refractivity (Wildman–Crippen MR) is 277 cm³/mol. The van der Waals surface area contributed by atoms with E-state index < -0.39 is 0 Å². The van der Waals surface area contributed by atoms with Crippen LogP contribution in [-0.4, -0.2) is 16.2 Å². The van der Waals surface area contributed by atoms with Gasteiger partial charge in [-0.3, -0.25) is 4.57 Å². The Balaban J connectivity index is 1.10. The highest BCUT2D eigenvalue weighted by molar-refractivity contribution is 6.12. The Morgan fingerprint density at radius 1 is 0.455 bits per heavy atom. The Morgan fingerprint density at radius 2 is 1.02 bits per heavy atom. The van der Waals surface area contributed by atoms with Crippen molar-refractivity contribution < 1.29 is 4.74 Å². The standard InChI is InChI=1S/C61H58N4O/c1-59(2,3)47-28-29-62-57(37-47)65-55-27-19-18-26-53(55)58-54(61(7,8)46-24-16-11-17-25-46)39-52(40-56(58)65)66-51-35-45(43-22-14-10-15-23-43)34-50(38-51)64-31-30-63(41-64)49-33-44(42-20-12-9-13-21-42)32-48(36-49)60(4,5)6/h9-40H,41H2,1-8H3. The fourth-order valence-electron chi connectivity index (χ4n) is 9.39. The van der Waals surface area contributed by atoms with Gasteiger partial charge in [-0.2, -0.15) is 0 Å². The maximum absolute atomic E-state index is 7.22. The number of hydrogen-bond acceptors (Lipinski definition) is 4. The van der Waals surface area contributed by atoms with Crippen LogP contribution in [0.3, 0.4) is 0 Å². The number of hydrogen-bond donors (Lipinski definition) is 0. The molecule has 1 aliphatic heterocycles. The Morgan fingerprint density at radius 3 is 1.65 bits per heavy atom. The summed E-state index contributed by atoms with van der Waals surface area (Å²) in [6.45, 7) is 18.9. The second kappa shape index (κ2) is 16.6. The molecule has 9 aromatic rings. The molecule has 7 aromatic carbocycles. The highest BCUT2D eigenvalue weighted by Crippen LogP contribution is 2.45. The van der Waals surface area contributed by atoms with Gasteiger partial charge in [0.2, 0.25) is 0 Å². The van der Waals surface area contributed by atoms with E-state index >= 15 is 0 Å². The number of benzene rings is 7. The average Bonchev–Trinajstić information content (AvgIpc) is 3.95. The van der Waals surface area contributed by atoms with Gasteiger partial charge in [0.05, 0.1) is 17.7 Å². The van der Waals surface area contributed by atoms with E-state index in [1.165, 1.54) is 44.2 Å². The van der Waals surface area contributed by atoms with Crippen LogP contribution < -0.4 is 14.5 Å². The Hall–Kier alpha value is -7.37. The summed E-state index contributed by atoms with van der Waals surface area (Å²) < 4.78 is 9.54. The lowest BCUT2D eigenvalue weighted by Crippen LogP contribution is -2.25. The molecule has 0 radical (unpaired) electrons. The first-order valence-electron chi connectivity index (χ1n) is 23.1. The summed E-state index contributed by atoms with van der Waals surface area (Å²) in [6.07, 6.45) is 6.32. The smallest absolute Gasteiger partial charge is 0.137 e. The van der Waals surface area contributed by atoms with E-state index in [1.807, 2.05) is 6.20 Å². The molecule has 0 bridgehead atoms. The molecule has 5 heteroatoms. The maximum Gasteiger partial charge on any atom is 0.137 e. The number of para-hydroxylation sites is 1. The number of pyridine rings is 1. The van der Waals surface area contributed by atoms with Crippen LogP contribution in [0.2, 0.25) is 0 Å². The topological polar surface area (TPSA) is 33.5 Å². The second-order valence-corrected chi connectivity index (χ2v) is 20.3. The van der Waals surface area contributed by atoms with Gasteiger partial charge >= 0.3 is 0 Å². The normalized spacial score (nSPS) is 13.3. The van der Waals surface area contributed by atoms with Gasteiger partial charge in [0.15, 0.2) is 0 Å². The van der Waals surface area contributed by atoms with Crippen LogP contribution in [-0.2, 0) is 16.2 Å². The minimum absolute atomic E-state index is 0.0144. The molecule has 0 fully saturated rings. The highest BCUT2D eigenvalue weighted by atomic mass is 16.5. The lowest BCUT2D eigenvalue weighted by atomic mass is 9.76. The molecule has 0 saturated carbocycles. The molecule has 5 nitrogen and oxygen atoms in total. The molecule has 1 aliphatic rings. The minimum Gasteiger partial charge on any atom is -0.457 e. The third kappa shape index (κ3) is 8.15. The fourth-order valence-corrected chi connectivity index (χ4v) is 9.39. The summed E-state index contributed by atoms with van der Waals surface area (Å²) >= 11 is 0. The fraction of sp³-hybridized carbons (Fsp3) is 0.197. The van der Waals surface area contributed by atoms with Gasteiger partial charge in [-0.1, -0.05) is 171 Å². The van der Waals surface area contributed by atoms with Gasteiger partial charge < -0.3 is 14.5 Å². The van der Waals surface area contributed by atoms with E-state index in [2.05, 4.69) is 258 Å². The summed E-state index contributed by atoms with van der Waals surface area (Å²) in [6, 6.07) is 63.3. The number of aromatic nitrogens is 2. The van der Waals surface area contributed by atoms with Gasteiger partial charge in [0, 0.05) is 58.3 Å². The SMILES string of the molecule is CC(C)(C)c1cc(-c2ccccc2)cc(N2C=CN(c3cc(Oc4cc(C(C)(C)c5ccccc5)c5c6ccccc6n(-c6cc(C(C)(C)C)ccn6)c5c4)cc(-c4ccccc4)c3)C2)c1. The zero-order valence-corrected chi connectivity index (χ0v) is 39.4. The number of anilines is 2. The number of rotatable bonds is 9. The van der Waals surface area contributed by atoms with Crippen molar-refractivity contribution in [1.29, 1.82) is 0 Å². The van der Waals surface area contributed by atoms with Crippen molar-refractivity contribution in [3.8, 4) is 39.6 Å².